The summed E-state index contributed by atoms with van der Waals surface area (Å²) in [5, 5.41) is 9.42. The van der Waals surface area contributed by atoms with Gasteiger partial charge in [0.05, 0.1) is 11.5 Å². The predicted octanol–water partition coefficient (Wildman–Crippen LogP) is 4.92. The highest BCUT2D eigenvalue weighted by Gasteiger charge is 2.36. The van der Waals surface area contributed by atoms with Crippen LogP contribution in [0.15, 0.2) is 51.4 Å². The first kappa shape index (κ1) is 27.4. The maximum Gasteiger partial charge on any atom is 0.251 e. The van der Waals surface area contributed by atoms with Crippen LogP contribution in [0, 0.1) is 19.7 Å². The topological polar surface area (TPSA) is 118 Å². The molecule has 9 nitrogen and oxygen atoms in total. The number of aromatic nitrogens is 1. The molecule has 11 heteroatoms. The highest BCUT2D eigenvalue weighted by atomic mass is 32.2. The number of rotatable bonds is 10. The molecule has 0 radical (unpaired) electrons. The number of halogens is 1. The standard InChI is InChI=1S/C27H31FN4O5S/c1-17-8-13-22(36-17)26(27(35)29-20-6-4-3-5-7-20)32(21-11-9-19(28)10-12-21)25(34)16-38-15-24(33)30-23-14-18(2)37-31-23/h8-14,20,26H,3-7,15-16H2,1-2H3,(H,29,35)(H,30,31,33)/t26-/m0/s1. The van der Waals surface area contributed by atoms with Crippen molar-refractivity contribution in [1.82, 2.24) is 10.5 Å². The lowest BCUT2D eigenvalue weighted by molar-refractivity contribution is -0.127. The van der Waals surface area contributed by atoms with Crippen LogP contribution >= 0.6 is 11.8 Å². The van der Waals surface area contributed by atoms with E-state index in [2.05, 4.69) is 15.8 Å². The van der Waals surface area contributed by atoms with Crippen molar-refractivity contribution in [2.75, 3.05) is 21.7 Å². The van der Waals surface area contributed by atoms with Crippen LogP contribution in [0.1, 0.15) is 55.4 Å². The molecule has 1 saturated carbocycles. The summed E-state index contributed by atoms with van der Waals surface area (Å²) in [7, 11) is 0. The summed E-state index contributed by atoms with van der Waals surface area (Å²) in [6.07, 6.45) is 4.94. The largest absolute Gasteiger partial charge is 0.464 e. The second-order valence-corrected chi connectivity index (χ2v) is 10.3. The molecule has 1 fully saturated rings. The minimum absolute atomic E-state index is 0.0122. The van der Waals surface area contributed by atoms with Gasteiger partial charge >= 0.3 is 0 Å². The molecule has 2 heterocycles. The molecule has 0 saturated heterocycles. The molecule has 3 amide bonds. The Morgan fingerprint density at radius 2 is 1.79 bits per heavy atom. The third kappa shape index (κ3) is 7.25. The number of benzene rings is 1. The Morgan fingerprint density at radius 1 is 1.05 bits per heavy atom. The summed E-state index contributed by atoms with van der Waals surface area (Å²) in [5.41, 5.74) is 0.345. The van der Waals surface area contributed by atoms with Crippen molar-refractivity contribution in [1.29, 1.82) is 0 Å². The van der Waals surface area contributed by atoms with Crippen LogP contribution < -0.4 is 15.5 Å². The third-order valence-corrected chi connectivity index (χ3v) is 7.13. The van der Waals surface area contributed by atoms with Crippen LogP contribution in [0.4, 0.5) is 15.9 Å². The van der Waals surface area contributed by atoms with E-state index in [1.54, 1.807) is 32.0 Å². The minimum atomic E-state index is -1.10. The van der Waals surface area contributed by atoms with Crippen molar-refractivity contribution in [3.05, 3.63) is 65.6 Å². The van der Waals surface area contributed by atoms with Gasteiger partial charge in [0.15, 0.2) is 11.9 Å². The number of anilines is 2. The summed E-state index contributed by atoms with van der Waals surface area (Å²) >= 11 is 1.09. The summed E-state index contributed by atoms with van der Waals surface area (Å²) < 4.78 is 24.5. The summed E-state index contributed by atoms with van der Waals surface area (Å²) in [6.45, 7) is 3.47. The zero-order valence-electron chi connectivity index (χ0n) is 21.4. The monoisotopic (exact) mass is 542 g/mol. The first-order valence-electron chi connectivity index (χ1n) is 12.6. The Hall–Kier alpha value is -3.60. The van der Waals surface area contributed by atoms with Crippen LogP contribution in [-0.4, -0.2) is 40.4 Å². The molecule has 202 valence electrons. The van der Waals surface area contributed by atoms with Crippen LogP contribution in [0.25, 0.3) is 0 Å². The zero-order chi connectivity index (χ0) is 27.1. The number of nitrogens with one attached hydrogen (secondary N) is 2. The number of furan rings is 1. The van der Waals surface area contributed by atoms with Gasteiger partial charge in [-0.05, 0) is 63.1 Å². The van der Waals surface area contributed by atoms with E-state index in [0.717, 1.165) is 43.9 Å². The number of aryl methyl sites for hydroxylation is 2. The Morgan fingerprint density at radius 3 is 2.42 bits per heavy atom. The average Bonchev–Trinajstić information content (AvgIpc) is 3.50. The van der Waals surface area contributed by atoms with E-state index in [0.29, 0.717) is 28.8 Å². The van der Waals surface area contributed by atoms with E-state index >= 15 is 0 Å². The first-order chi connectivity index (χ1) is 18.3. The number of carbonyl (C=O) groups excluding carboxylic acids is 3. The molecule has 38 heavy (non-hydrogen) atoms. The van der Waals surface area contributed by atoms with Crippen molar-refractivity contribution >= 4 is 41.0 Å². The van der Waals surface area contributed by atoms with Gasteiger partial charge in [0.25, 0.3) is 5.91 Å². The number of hydrogen-bond donors (Lipinski definition) is 2. The van der Waals surface area contributed by atoms with Crippen LogP contribution in [-0.2, 0) is 14.4 Å². The molecule has 1 aliphatic rings. The quantitative estimate of drug-likeness (QED) is 0.373. The lowest BCUT2D eigenvalue weighted by Gasteiger charge is -2.32. The lowest BCUT2D eigenvalue weighted by Crippen LogP contribution is -2.47. The highest BCUT2D eigenvalue weighted by molar-refractivity contribution is 8.00. The third-order valence-electron chi connectivity index (χ3n) is 6.22. The second-order valence-electron chi connectivity index (χ2n) is 9.30. The van der Waals surface area contributed by atoms with Gasteiger partial charge in [-0.1, -0.05) is 24.4 Å². The molecular weight excluding hydrogens is 511 g/mol. The van der Waals surface area contributed by atoms with Crippen molar-refractivity contribution in [3.63, 3.8) is 0 Å². The average molecular weight is 543 g/mol. The van der Waals surface area contributed by atoms with Crippen LogP contribution in [0.3, 0.4) is 0 Å². The molecule has 2 aromatic heterocycles. The lowest BCUT2D eigenvalue weighted by atomic mass is 9.95. The molecule has 0 bridgehead atoms. The molecule has 1 aromatic carbocycles. The van der Waals surface area contributed by atoms with Gasteiger partial charge in [-0.15, -0.1) is 11.8 Å². The number of amides is 3. The summed E-state index contributed by atoms with van der Waals surface area (Å²) in [6, 6.07) is 9.28. The maximum absolute atomic E-state index is 13.8. The van der Waals surface area contributed by atoms with Crippen LogP contribution in [0.2, 0.25) is 0 Å². The van der Waals surface area contributed by atoms with E-state index in [-0.39, 0.29) is 29.4 Å². The van der Waals surface area contributed by atoms with Crippen molar-refractivity contribution in [3.8, 4) is 0 Å². The van der Waals surface area contributed by atoms with Crippen LogP contribution in [0.5, 0.6) is 0 Å². The molecule has 1 atom stereocenters. The normalized spacial score (nSPS) is 14.6. The zero-order valence-corrected chi connectivity index (χ0v) is 22.2. The predicted molar refractivity (Wildman–Crippen MR) is 142 cm³/mol. The smallest absolute Gasteiger partial charge is 0.251 e. The molecule has 4 rings (SSSR count). The van der Waals surface area contributed by atoms with E-state index in [1.807, 2.05) is 0 Å². The van der Waals surface area contributed by atoms with Gasteiger partial charge in [0.1, 0.15) is 23.1 Å². The second kappa shape index (κ2) is 12.8. The van der Waals surface area contributed by atoms with Gasteiger partial charge in [0.2, 0.25) is 11.8 Å². The van der Waals surface area contributed by atoms with Gasteiger partial charge in [-0.3, -0.25) is 19.3 Å². The fourth-order valence-corrected chi connectivity index (χ4v) is 5.12. The molecule has 0 unspecified atom stereocenters. The van der Waals surface area contributed by atoms with E-state index in [4.69, 9.17) is 8.94 Å². The first-order valence-corrected chi connectivity index (χ1v) is 13.7. The number of carbonyl (C=O) groups is 3. The molecular formula is C27H31FN4O5S. The maximum atomic E-state index is 13.8. The number of thioether (sulfide) groups is 1. The Labute approximate surface area is 224 Å². The van der Waals surface area contributed by atoms with Gasteiger partial charge in [-0.2, -0.15) is 0 Å². The van der Waals surface area contributed by atoms with Gasteiger partial charge in [-0.25, -0.2) is 4.39 Å². The fourth-order valence-electron chi connectivity index (χ4n) is 4.44. The molecule has 0 aliphatic heterocycles. The van der Waals surface area contributed by atoms with E-state index in [9.17, 15) is 18.8 Å². The fraction of sp³-hybridized carbons (Fsp3) is 0.407. The number of nitrogens with zero attached hydrogens (tertiary/aromatic N) is 2. The number of hydrogen-bond acceptors (Lipinski definition) is 7. The minimum Gasteiger partial charge on any atom is -0.464 e. The Kier molecular flexibility index (Phi) is 9.22. The van der Waals surface area contributed by atoms with Crippen molar-refractivity contribution in [2.45, 2.75) is 58.0 Å². The molecule has 0 spiro atoms. The summed E-state index contributed by atoms with van der Waals surface area (Å²) in [4.78, 5) is 40.9. The van der Waals surface area contributed by atoms with Crippen molar-refractivity contribution in [2.24, 2.45) is 0 Å². The Bertz CT molecular complexity index is 1250. The van der Waals surface area contributed by atoms with E-state index < -0.39 is 17.8 Å². The Balaban J connectivity index is 1.54. The molecule has 3 aromatic rings. The van der Waals surface area contributed by atoms with Crippen molar-refractivity contribution < 1.29 is 27.7 Å². The summed E-state index contributed by atoms with van der Waals surface area (Å²) in [5.74, 6) is 0.0172. The van der Waals surface area contributed by atoms with E-state index in [1.165, 1.54) is 29.2 Å². The molecule has 2 N–H and O–H groups in total. The highest BCUT2D eigenvalue weighted by Crippen LogP contribution is 2.31. The SMILES string of the molecule is Cc1cc(NC(=O)CSCC(=O)N(c2ccc(F)cc2)[C@H](C(=O)NC2CCCCC2)c2ccc(C)o2)no1. The molecule has 1 aliphatic carbocycles. The van der Waals surface area contributed by atoms with Gasteiger partial charge in [0, 0.05) is 17.8 Å². The van der Waals surface area contributed by atoms with Gasteiger partial charge < -0.3 is 19.6 Å².